The zero-order valence-corrected chi connectivity index (χ0v) is 11.0. The Labute approximate surface area is 104 Å². The van der Waals surface area contributed by atoms with Crippen molar-refractivity contribution in [2.24, 2.45) is 0 Å². The lowest BCUT2D eigenvalue weighted by Gasteiger charge is -2.02. The molecule has 1 rings (SSSR count). The van der Waals surface area contributed by atoms with E-state index in [1.54, 1.807) is 6.07 Å². The van der Waals surface area contributed by atoms with Gasteiger partial charge in [-0.1, -0.05) is 42.1 Å². The van der Waals surface area contributed by atoms with Crippen LogP contribution in [0.2, 0.25) is 0 Å². The fourth-order valence-electron chi connectivity index (χ4n) is 1.57. The summed E-state index contributed by atoms with van der Waals surface area (Å²) in [6.07, 6.45) is 4.77. The quantitative estimate of drug-likeness (QED) is 0.545. The molecule has 0 saturated heterocycles. The smallest absolute Gasteiger partial charge is 0.163 e. The topological polar surface area (TPSA) is 17.1 Å². The second-order valence-electron chi connectivity index (χ2n) is 3.89. The molecular formula is C13H16BrFO. The van der Waals surface area contributed by atoms with Crippen LogP contribution in [0.4, 0.5) is 4.39 Å². The molecule has 0 amide bonds. The Morgan fingerprint density at radius 2 is 2.00 bits per heavy atom. The summed E-state index contributed by atoms with van der Waals surface area (Å²) in [5, 5.41) is 0. The first kappa shape index (κ1) is 13.4. The average molecular weight is 287 g/mol. The van der Waals surface area contributed by atoms with Crippen molar-refractivity contribution in [3.05, 3.63) is 34.1 Å². The van der Waals surface area contributed by atoms with Crippen molar-refractivity contribution >= 4 is 21.7 Å². The molecule has 0 saturated carbocycles. The van der Waals surface area contributed by atoms with E-state index in [0.29, 0.717) is 16.5 Å². The van der Waals surface area contributed by atoms with Gasteiger partial charge in [0.25, 0.3) is 0 Å². The molecule has 88 valence electrons. The molecule has 0 spiro atoms. The van der Waals surface area contributed by atoms with Crippen LogP contribution in [0.3, 0.4) is 0 Å². The molecule has 0 bridgehead atoms. The van der Waals surface area contributed by atoms with E-state index in [0.717, 1.165) is 25.7 Å². The van der Waals surface area contributed by atoms with Gasteiger partial charge in [0, 0.05) is 16.5 Å². The minimum absolute atomic E-state index is 0.0244. The van der Waals surface area contributed by atoms with Crippen molar-refractivity contribution in [3.63, 3.8) is 0 Å². The van der Waals surface area contributed by atoms with Gasteiger partial charge in [-0.05, 0) is 24.6 Å². The van der Waals surface area contributed by atoms with Crippen molar-refractivity contribution in [2.75, 3.05) is 0 Å². The Bertz CT molecular complexity index is 343. The number of carbonyl (C=O) groups is 1. The molecule has 0 aromatic heterocycles. The van der Waals surface area contributed by atoms with Gasteiger partial charge < -0.3 is 0 Å². The standard InChI is InChI=1S/C13H16BrFO/c1-2-3-4-5-6-13(16)10-7-11(14)9-12(15)8-10/h7-9H,2-6H2,1H3. The van der Waals surface area contributed by atoms with Gasteiger partial charge in [-0.2, -0.15) is 0 Å². The van der Waals surface area contributed by atoms with Crippen molar-refractivity contribution in [1.82, 2.24) is 0 Å². The molecule has 1 aromatic rings. The molecular weight excluding hydrogens is 271 g/mol. The molecule has 0 radical (unpaired) electrons. The third-order valence-electron chi connectivity index (χ3n) is 2.44. The molecule has 16 heavy (non-hydrogen) atoms. The van der Waals surface area contributed by atoms with Crippen LogP contribution in [0, 0.1) is 5.82 Å². The number of halogens is 2. The minimum atomic E-state index is -0.369. The molecule has 0 heterocycles. The highest BCUT2D eigenvalue weighted by Gasteiger charge is 2.07. The maximum atomic E-state index is 13.0. The van der Waals surface area contributed by atoms with E-state index >= 15 is 0 Å². The van der Waals surface area contributed by atoms with Crippen molar-refractivity contribution in [3.8, 4) is 0 Å². The third-order valence-corrected chi connectivity index (χ3v) is 2.90. The van der Waals surface area contributed by atoms with Gasteiger partial charge >= 0.3 is 0 Å². The molecule has 1 nitrogen and oxygen atoms in total. The predicted molar refractivity (Wildman–Crippen MR) is 67.2 cm³/mol. The number of hydrogen-bond acceptors (Lipinski definition) is 1. The van der Waals surface area contributed by atoms with E-state index in [4.69, 9.17) is 0 Å². The van der Waals surface area contributed by atoms with Gasteiger partial charge in [-0.25, -0.2) is 4.39 Å². The largest absolute Gasteiger partial charge is 0.294 e. The van der Waals surface area contributed by atoms with Crippen LogP contribution < -0.4 is 0 Å². The van der Waals surface area contributed by atoms with Gasteiger partial charge in [0.1, 0.15) is 5.82 Å². The second kappa shape index (κ2) is 6.79. The van der Waals surface area contributed by atoms with E-state index in [-0.39, 0.29) is 11.6 Å². The van der Waals surface area contributed by atoms with Crippen LogP contribution >= 0.6 is 15.9 Å². The summed E-state index contributed by atoms with van der Waals surface area (Å²) in [6, 6.07) is 4.33. The molecule has 0 aliphatic carbocycles. The first-order valence-corrected chi connectivity index (χ1v) is 6.42. The van der Waals surface area contributed by atoms with Gasteiger partial charge in [-0.15, -0.1) is 0 Å². The molecule has 3 heteroatoms. The lowest BCUT2D eigenvalue weighted by Crippen LogP contribution is -1.99. The summed E-state index contributed by atoms with van der Waals surface area (Å²) < 4.78 is 13.7. The molecule has 0 atom stereocenters. The van der Waals surface area contributed by atoms with Crippen LogP contribution in [0.25, 0.3) is 0 Å². The maximum absolute atomic E-state index is 13.0. The highest BCUT2D eigenvalue weighted by Crippen LogP contribution is 2.17. The first-order valence-electron chi connectivity index (χ1n) is 5.62. The fraction of sp³-hybridized carbons (Fsp3) is 0.462. The molecule has 0 N–H and O–H groups in total. The predicted octanol–water partition coefficient (Wildman–Crippen LogP) is 4.74. The van der Waals surface area contributed by atoms with Crippen LogP contribution in [-0.4, -0.2) is 5.78 Å². The summed E-state index contributed by atoms with van der Waals surface area (Å²) in [5.41, 5.74) is 0.461. The Balaban J connectivity index is 2.52. The first-order chi connectivity index (χ1) is 7.63. The Morgan fingerprint density at radius 3 is 2.62 bits per heavy atom. The minimum Gasteiger partial charge on any atom is -0.294 e. The van der Waals surface area contributed by atoms with E-state index in [9.17, 15) is 9.18 Å². The SMILES string of the molecule is CCCCCCC(=O)c1cc(F)cc(Br)c1. The number of unbranched alkanes of at least 4 members (excludes halogenated alkanes) is 3. The highest BCUT2D eigenvalue weighted by atomic mass is 79.9. The number of hydrogen-bond donors (Lipinski definition) is 0. The van der Waals surface area contributed by atoms with Crippen LogP contribution in [0.1, 0.15) is 49.4 Å². The van der Waals surface area contributed by atoms with Crippen LogP contribution in [0.5, 0.6) is 0 Å². The van der Waals surface area contributed by atoms with Crippen LogP contribution in [0.15, 0.2) is 22.7 Å². The summed E-state index contributed by atoms with van der Waals surface area (Å²) in [7, 11) is 0. The van der Waals surface area contributed by atoms with Crippen molar-refractivity contribution < 1.29 is 9.18 Å². The average Bonchev–Trinajstić information content (AvgIpc) is 2.22. The molecule has 0 unspecified atom stereocenters. The van der Waals surface area contributed by atoms with Gasteiger partial charge in [0.05, 0.1) is 0 Å². The summed E-state index contributed by atoms with van der Waals surface area (Å²) in [6.45, 7) is 2.13. The molecule has 0 aliphatic rings. The lowest BCUT2D eigenvalue weighted by atomic mass is 10.0. The van der Waals surface area contributed by atoms with Crippen LogP contribution in [-0.2, 0) is 0 Å². The number of Topliss-reactive ketones (excluding diaryl/α,β-unsaturated/α-hetero) is 1. The van der Waals surface area contributed by atoms with Crippen molar-refractivity contribution in [1.29, 1.82) is 0 Å². The summed E-state index contributed by atoms with van der Waals surface area (Å²) in [5.74, 6) is -0.345. The van der Waals surface area contributed by atoms with Gasteiger partial charge in [-0.3, -0.25) is 4.79 Å². The number of benzene rings is 1. The van der Waals surface area contributed by atoms with Gasteiger partial charge in [0.2, 0.25) is 0 Å². The normalized spacial score (nSPS) is 10.4. The fourth-order valence-corrected chi connectivity index (χ4v) is 2.04. The summed E-state index contributed by atoms with van der Waals surface area (Å²) >= 11 is 3.18. The number of ketones is 1. The lowest BCUT2D eigenvalue weighted by molar-refractivity contribution is 0.0978. The molecule has 0 aliphatic heterocycles. The number of rotatable bonds is 6. The Kier molecular flexibility index (Phi) is 5.67. The molecule has 0 fully saturated rings. The summed E-state index contributed by atoms with van der Waals surface area (Å²) in [4.78, 5) is 11.7. The Hall–Kier alpha value is -0.700. The van der Waals surface area contributed by atoms with E-state index < -0.39 is 0 Å². The van der Waals surface area contributed by atoms with E-state index in [1.807, 2.05) is 0 Å². The van der Waals surface area contributed by atoms with Crippen molar-refractivity contribution in [2.45, 2.75) is 39.0 Å². The monoisotopic (exact) mass is 286 g/mol. The zero-order chi connectivity index (χ0) is 12.0. The number of carbonyl (C=O) groups excluding carboxylic acids is 1. The zero-order valence-electron chi connectivity index (χ0n) is 9.43. The van der Waals surface area contributed by atoms with Gasteiger partial charge in [0.15, 0.2) is 5.78 Å². The Morgan fingerprint density at radius 1 is 1.25 bits per heavy atom. The van der Waals surface area contributed by atoms with E-state index in [1.165, 1.54) is 12.1 Å². The van der Waals surface area contributed by atoms with E-state index in [2.05, 4.69) is 22.9 Å². The molecule has 1 aromatic carbocycles. The highest BCUT2D eigenvalue weighted by molar-refractivity contribution is 9.10. The maximum Gasteiger partial charge on any atom is 0.163 e. The second-order valence-corrected chi connectivity index (χ2v) is 4.81. The third kappa shape index (κ3) is 4.44.